The largest absolute Gasteiger partial charge is 0.336 e. The van der Waals surface area contributed by atoms with E-state index in [4.69, 9.17) is 11.6 Å². The second-order valence-electron chi connectivity index (χ2n) is 3.71. The topological polar surface area (TPSA) is 29.9 Å². The monoisotopic (exact) mass is 253 g/mol. The minimum absolute atomic E-state index is 0.308. The van der Waals surface area contributed by atoms with E-state index in [0.29, 0.717) is 11.6 Å². The third-order valence-corrected chi connectivity index (χ3v) is 2.79. The van der Waals surface area contributed by atoms with Crippen LogP contribution in [0.5, 0.6) is 0 Å². The van der Waals surface area contributed by atoms with Crippen LogP contribution in [-0.2, 0) is 13.1 Å². The molecule has 1 heterocycles. The van der Waals surface area contributed by atoms with Gasteiger partial charge in [-0.15, -0.1) is 0 Å². The van der Waals surface area contributed by atoms with E-state index in [1.54, 1.807) is 18.6 Å². The fourth-order valence-electron chi connectivity index (χ4n) is 1.52. The van der Waals surface area contributed by atoms with E-state index < -0.39 is 0 Å². The molecule has 1 aromatic carbocycles. The first kappa shape index (κ1) is 12.1. The molecular formula is C12H13ClFN3. The second-order valence-corrected chi connectivity index (χ2v) is 4.12. The van der Waals surface area contributed by atoms with E-state index in [9.17, 15) is 4.39 Å². The minimum Gasteiger partial charge on any atom is -0.336 e. The summed E-state index contributed by atoms with van der Waals surface area (Å²) >= 11 is 5.91. The normalized spacial score (nSPS) is 10.7. The summed E-state index contributed by atoms with van der Waals surface area (Å²) in [4.78, 5) is 3.96. The van der Waals surface area contributed by atoms with Crippen LogP contribution < -0.4 is 5.32 Å². The Labute approximate surface area is 104 Å². The molecule has 0 unspecified atom stereocenters. The third-order valence-electron chi connectivity index (χ3n) is 2.44. The number of halogens is 2. The highest BCUT2D eigenvalue weighted by Crippen LogP contribution is 2.16. The lowest BCUT2D eigenvalue weighted by Gasteiger charge is -2.07. The number of imidazole rings is 1. The third kappa shape index (κ3) is 3.54. The average Bonchev–Trinajstić information content (AvgIpc) is 2.79. The highest BCUT2D eigenvalue weighted by molar-refractivity contribution is 6.31. The van der Waals surface area contributed by atoms with Gasteiger partial charge in [0.25, 0.3) is 0 Å². The number of benzene rings is 1. The van der Waals surface area contributed by atoms with Gasteiger partial charge in [0.1, 0.15) is 5.82 Å². The van der Waals surface area contributed by atoms with Crippen LogP contribution >= 0.6 is 11.6 Å². The SMILES string of the molecule is Fc1ccc(CNCCn2ccnc2)c(Cl)c1. The average molecular weight is 254 g/mol. The van der Waals surface area contributed by atoms with Gasteiger partial charge in [-0.2, -0.15) is 0 Å². The van der Waals surface area contributed by atoms with Crippen LogP contribution in [0, 0.1) is 5.82 Å². The number of nitrogens with one attached hydrogen (secondary N) is 1. The molecule has 0 radical (unpaired) electrons. The van der Waals surface area contributed by atoms with E-state index >= 15 is 0 Å². The molecule has 90 valence electrons. The fourth-order valence-corrected chi connectivity index (χ4v) is 1.75. The zero-order valence-electron chi connectivity index (χ0n) is 9.24. The van der Waals surface area contributed by atoms with Gasteiger partial charge in [-0.05, 0) is 17.7 Å². The first-order valence-electron chi connectivity index (χ1n) is 5.36. The van der Waals surface area contributed by atoms with Crippen molar-refractivity contribution in [2.24, 2.45) is 0 Å². The number of hydrogen-bond donors (Lipinski definition) is 1. The maximum atomic E-state index is 12.8. The summed E-state index contributed by atoms with van der Waals surface area (Å²) in [6.07, 6.45) is 5.43. The van der Waals surface area contributed by atoms with E-state index in [2.05, 4.69) is 10.3 Å². The Balaban J connectivity index is 1.78. The summed E-state index contributed by atoms with van der Waals surface area (Å²) in [5, 5.41) is 3.70. The van der Waals surface area contributed by atoms with E-state index in [0.717, 1.165) is 18.7 Å². The smallest absolute Gasteiger partial charge is 0.124 e. The van der Waals surface area contributed by atoms with Gasteiger partial charge in [-0.3, -0.25) is 0 Å². The molecule has 2 aromatic rings. The van der Waals surface area contributed by atoms with Gasteiger partial charge in [0.15, 0.2) is 0 Å². The van der Waals surface area contributed by atoms with Gasteiger partial charge >= 0.3 is 0 Å². The Kier molecular flexibility index (Phi) is 4.12. The summed E-state index contributed by atoms with van der Waals surface area (Å²) in [7, 11) is 0. The van der Waals surface area contributed by atoms with Crippen LogP contribution in [0.1, 0.15) is 5.56 Å². The lowest BCUT2D eigenvalue weighted by atomic mass is 10.2. The Morgan fingerprint density at radius 2 is 2.29 bits per heavy atom. The van der Waals surface area contributed by atoms with Gasteiger partial charge in [-0.25, -0.2) is 9.37 Å². The molecule has 0 aliphatic carbocycles. The van der Waals surface area contributed by atoms with Gasteiger partial charge in [0, 0.05) is 37.1 Å². The van der Waals surface area contributed by atoms with Crippen molar-refractivity contribution in [1.29, 1.82) is 0 Å². The van der Waals surface area contributed by atoms with E-state index in [-0.39, 0.29) is 5.82 Å². The molecular weight excluding hydrogens is 241 g/mol. The van der Waals surface area contributed by atoms with Crippen LogP contribution in [0.15, 0.2) is 36.9 Å². The highest BCUT2D eigenvalue weighted by Gasteiger charge is 2.01. The minimum atomic E-state index is -0.308. The first-order valence-corrected chi connectivity index (χ1v) is 5.74. The van der Waals surface area contributed by atoms with Gasteiger partial charge < -0.3 is 9.88 Å². The van der Waals surface area contributed by atoms with Crippen LogP contribution in [0.25, 0.3) is 0 Å². The lowest BCUT2D eigenvalue weighted by molar-refractivity contribution is 0.595. The molecule has 0 fully saturated rings. The zero-order valence-corrected chi connectivity index (χ0v) is 9.99. The van der Waals surface area contributed by atoms with Crippen LogP contribution in [0.2, 0.25) is 5.02 Å². The van der Waals surface area contributed by atoms with Gasteiger partial charge in [-0.1, -0.05) is 17.7 Å². The van der Waals surface area contributed by atoms with E-state index in [1.165, 1.54) is 12.1 Å². The van der Waals surface area contributed by atoms with Crippen molar-refractivity contribution >= 4 is 11.6 Å². The molecule has 0 aliphatic heterocycles. The molecule has 1 aromatic heterocycles. The number of nitrogens with zero attached hydrogens (tertiary/aromatic N) is 2. The maximum Gasteiger partial charge on any atom is 0.124 e. The van der Waals surface area contributed by atoms with Crippen molar-refractivity contribution < 1.29 is 4.39 Å². The molecule has 1 N–H and O–H groups in total. The molecule has 0 saturated heterocycles. The molecule has 3 nitrogen and oxygen atoms in total. The standard InChI is InChI=1S/C12H13ClFN3/c13-12-7-11(14)2-1-10(12)8-15-3-5-17-6-4-16-9-17/h1-2,4,6-7,9,15H,3,5,8H2. The number of rotatable bonds is 5. The highest BCUT2D eigenvalue weighted by atomic mass is 35.5. The molecule has 17 heavy (non-hydrogen) atoms. The quantitative estimate of drug-likeness (QED) is 0.830. The zero-order chi connectivity index (χ0) is 12.1. The molecule has 5 heteroatoms. The first-order chi connectivity index (χ1) is 8.25. The lowest BCUT2D eigenvalue weighted by Crippen LogP contribution is -2.19. The molecule has 2 rings (SSSR count). The summed E-state index contributed by atoms with van der Waals surface area (Å²) in [6, 6.07) is 4.44. The number of hydrogen-bond acceptors (Lipinski definition) is 2. The van der Waals surface area contributed by atoms with Crippen molar-refractivity contribution in [2.45, 2.75) is 13.1 Å². The molecule has 0 spiro atoms. The predicted molar refractivity (Wildman–Crippen MR) is 65.3 cm³/mol. The summed E-state index contributed by atoms with van der Waals surface area (Å²) in [5.74, 6) is -0.308. The van der Waals surface area contributed by atoms with Crippen LogP contribution in [0.4, 0.5) is 4.39 Å². The predicted octanol–water partition coefficient (Wildman–Crippen LogP) is 2.47. The Hall–Kier alpha value is -1.39. The molecule has 0 atom stereocenters. The second kappa shape index (κ2) is 5.80. The van der Waals surface area contributed by atoms with Crippen molar-refractivity contribution in [2.75, 3.05) is 6.54 Å². The summed E-state index contributed by atoms with van der Waals surface area (Å²) < 4.78 is 14.8. The Bertz CT molecular complexity index is 471. The van der Waals surface area contributed by atoms with Crippen molar-refractivity contribution in [3.63, 3.8) is 0 Å². The van der Waals surface area contributed by atoms with Crippen molar-refractivity contribution in [3.8, 4) is 0 Å². The van der Waals surface area contributed by atoms with Crippen molar-refractivity contribution in [1.82, 2.24) is 14.9 Å². The number of aromatic nitrogens is 2. The van der Waals surface area contributed by atoms with Gasteiger partial charge in [0.05, 0.1) is 6.33 Å². The fraction of sp³-hybridized carbons (Fsp3) is 0.250. The molecule has 0 saturated carbocycles. The molecule has 0 bridgehead atoms. The van der Waals surface area contributed by atoms with Crippen LogP contribution in [-0.4, -0.2) is 16.1 Å². The van der Waals surface area contributed by atoms with Crippen molar-refractivity contribution in [3.05, 3.63) is 53.3 Å². The maximum absolute atomic E-state index is 12.8. The van der Waals surface area contributed by atoms with Crippen LogP contribution in [0.3, 0.4) is 0 Å². The molecule has 0 aliphatic rings. The summed E-state index contributed by atoms with van der Waals surface area (Å²) in [6.45, 7) is 2.29. The van der Waals surface area contributed by atoms with Gasteiger partial charge in [0.2, 0.25) is 0 Å². The van der Waals surface area contributed by atoms with E-state index in [1.807, 2.05) is 10.8 Å². The summed E-state index contributed by atoms with van der Waals surface area (Å²) in [5.41, 5.74) is 0.902. The Morgan fingerprint density at radius 3 is 3.00 bits per heavy atom. The Morgan fingerprint density at radius 1 is 1.41 bits per heavy atom. The molecule has 0 amide bonds.